The highest BCUT2D eigenvalue weighted by Gasteiger charge is 2.17. The molecule has 0 bridgehead atoms. The van der Waals surface area contributed by atoms with Crippen LogP contribution in [0.25, 0.3) is 0 Å². The van der Waals surface area contributed by atoms with Gasteiger partial charge < -0.3 is 19.1 Å². The molecule has 0 radical (unpaired) electrons. The van der Waals surface area contributed by atoms with Crippen LogP contribution in [0.2, 0.25) is 5.02 Å². The van der Waals surface area contributed by atoms with Gasteiger partial charge in [-0.2, -0.15) is 8.78 Å². The number of aromatic nitrogens is 1. The third-order valence-corrected chi connectivity index (χ3v) is 5.23. The Morgan fingerprint density at radius 3 is 2.61 bits per heavy atom. The predicted molar refractivity (Wildman–Crippen MR) is 113 cm³/mol. The standard InChI is InChI=1S/C21H19ClF2N2O4S/c1-26(10-13-3-8-17(30-21(23)24)18(9-13)28-2)20(27)16-12-31-19(25-16)11-29-15-6-4-14(22)5-7-15/h3-9,12,21H,10-11H2,1-2H3. The van der Waals surface area contributed by atoms with Crippen molar-refractivity contribution in [1.82, 2.24) is 9.88 Å². The molecule has 2 aromatic carbocycles. The van der Waals surface area contributed by atoms with Crippen molar-refractivity contribution in [2.75, 3.05) is 14.2 Å². The van der Waals surface area contributed by atoms with Crippen LogP contribution < -0.4 is 14.2 Å². The average molecular weight is 469 g/mol. The van der Waals surface area contributed by atoms with Crippen LogP contribution in [-0.4, -0.2) is 36.6 Å². The van der Waals surface area contributed by atoms with E-state index in [4.69, 9.17) is 21.1 Å². The molecule has 0 saturated carbocycles. The van der Waals surface area contributed by atoms with Crippen LogP contribution in [-0.2, 0) is 13.2 Å². The lowest BCUT2D eigenvalue weighted by Gasteiger charge is -2.17. The summed E-state index contributed by atoms with van der Waals surface area (Å²) in [5.74, 6) is 0.465. The van der Waals surface area contributed by atoms with Crippen LogP contribution in [0.1, 0.15) is 21.1 Å². The Bertz CT molecular complexity index is 1030. The largest absolute Gasteiger partial charge is 0.493 e. The fraction of sp³-hybridized carbons (Fsp3) is 0.238. The number of carbonyl (C=O) groups is 1. The molecular weight excluding hydrogens is 450 g/mol. The van der Waals surface area contributed by atoms with E-state index in [0.717, 1.165) is 0 Å². The van der Waals surface area contributed by atoms with E-state index in [9.17, 15) is 13.6 Å². The summed E-state index contributed by atoms with van der Waals surface area (Å²) >= 11 is 7.17. The van der Waals surface area contributed by atoms with E-state index in [-0.39, 0.29) is 30.6 Å². The van der Waals surface area contributed by atoms with Gasteiger partial charge in [-0.25, -0.2) is 4.98 Å². The summed E-state index contributed by atoms with van der Waals surface area (Å²) in [5.41, 5.74) is 0.989. The van der Waals surface area contributed by atoms with Crippen molar-refractivity contribution in [2.24, 2.45) is 0 Å². The van der Waals surface area contributed by atoms with Gasteiger partial charge >= 0.3 is 6.61 Å². The quantitative estimate of drug-likeness (QED) is 0.429. The Morgan fingerprint density at radius 1 is 1.19 bits per heavy atom. The SMILES string of the molecule is COc1cc(CN(C)C(=O)c2csc(COc3ccc(Cl)cc3)n2)ccc1OC(F)F. The maximum absolute atomic E-state index is 12.7. The zero-order valence-corrected chi connectivity index (χ0v) is 18.3. The van der Waals surface area contributed by atoms with Gasteiger partial charge in [0.2, 0.25) is 0 Å². The first-order valence-corrected chi connectivity index (χ1v) is 10.3. The zero-order chi connectivity index (χ0) is 22.4. The van der Waals surface area contributed by atoms with Crippen LogP contribution in [0, 0.1) is 0 Å². The average Bonchev–Trinajstić information content (AvgIpc) is 3.22. The molecule has 0 saturated heterocycles. The van der Waals surface area contributed by atoms with E-state index in [0.29, 0.717) is 27.0 Å². The van der Waals surface area contributed by atoms with Crippen molar-refractivity contribution in [3.05, 3.63) is 69.1 Å². The monoisotopic (exact) mass is 468 g/mol. The molecule has 0 unspecified atom stereocenters. The van der Waals surface area contributed by atoms with Crippen LogP contribution >= 0.6 is 22.9 Å². The second-order valence-corrected chi connectivity index (χ2v) is 7.77. The number of alkyl halides is 2. The minimum absolute atomic E-state index is 0.0694. The molecule has 3 aromatic rings. The van der Waals surface area contributed by atoms with E-state index in [1.165, 1.54) is 29.4 Å². The Morgan fingerprint density at radius 2 is 1.94 bits per heavy atom. The highest BCUT2D eigenvalue weighted by atomic mass is 35.5. The van der Waals surface area contributed by atoms with Crippen molar-refractivity contribution in [1.29, 1.82) is 0 Å². The Balaban J connectivity index is 1.60. The van der Waals surface area contributed by atoms with Gasteiger partial charge in [-0.1, -0.05) is 17.7 Å². The number of carbonyl (C=O) groups excluding carboxylic acids is 1. The number of amides is 1. The lowest BCUT2D eigenvalue weighted by atomic mass is 10.2. The summed E-state index contributed by atoms with van der Waals surface area (Å²) in [6, 6.07) is 11.5. The predicted octanol–water partition coefficient (Wildman–Crippen LogP) is 5.26. The summed E-state index contributed by atoms with van der Waals surface area (Å²) in [7, 11) is 2.98. The highest BCUT2D eigenvalue weighted by molar-refractivity contribution is 7.09. The Kier molecular flexibility index (Phi) is 7.64. The molecule has 3 rings (SSSR count). The Labute approximate surface area is 186 Å². The van der Waals surface area contributed by atoms with Crippen molar-refractivity contribution in [3.63, 3.8) is 0 Å². The molecule has 0 aliphatic carbocycles. The van der Waals surface area contributed by atoms with Gasteiger partial charge in [0.05, 0.1) is 7.11 Å². The normalized spacial score (nSPS) is 10.8. The molecule has 6 nitrogen and oxygen atoms in total. The van der Waals surface area contributed by atoms with Crippen molar-refractivity contribution < 1.29 is 27.8 Å². The van der Waals surface area contributed by atoms with E-state index in [1.54, 1.807) is 48.8 Å². The van der Waals surface area contributed by atoms with E-state index < -0.39 is 6.61 Å². The number of hydrogen-bond donors (Lipinski definition) is 0. The first-order chi connectivity index (χ1) is 14.9. The minimum Gasteiger partial charge on any atom is -0.493 e. The molecule has 0 aliphatic heterocycles. The summed E-state index contributed by atoms with van der Waals surface area (Å²) in [6.45, 7) is -2.49. The molecule has 0 N–H and O–H groups in total. The van der Waals surface area contributed by atoms with Crippen molar-refractivity contribution >= 4 is 28.8 Å². The Hall–Kier alpha value is -2.91. The molecule has 164 valence electrons. The number of nitrogens with zero attached hydrogens (tertiary/aromatic N) is 2. The highest BCUT2D eigenvalue weighted by Crippen LogP contribution is 2.30. The van der Waals surface area contributed by atoms with Crippen LogP contribution in [0.3, 0.4) is 0 Å². The van der Waals surface area contributed by atoms with Crippen LogP contribution in [0.5, 0.6) is 17.2 Å². The van der Waals surface area contributed by atoms with Crippen LogP contribution in [0.15, 0.2) is 47.8 Å². The van der Waals surface area contributed by atoms with Gasteiger partial charge in [0.15, 0.2) is 11.5 Å². The number of hydrogen-bond acceptors (Lipinski definition) is 6. The van der Waals surface area contributed by atoms with Gasteiger partial charge in [-0.3, -0.25) is 4.79 Å². The minimum atomic E-state index is -2.95. The summed E-state index contributed by atoms with van der Waals surface area (Å²) in [5, 5.41) is 2.94. The van der Waals surface area contributed by atoms with E-state index in [1.807, 2.05) is 0 Å². The second kappa shape index (κ2) is 10.4. The fourth-order valence-corrected chi connectivity index (χ4v) is 3.50. The number of thiazole rings is 1. The van der Waals surface area contributed by atoms with Gasteiger partial charge in [-0.05, 0) is 42.0 Å². The maximum atomic E-state index is 12.7. The number of benzene rings is 2. The topological polar surface area (TPSA) is 60.9 Å². The molecular formula is C21H19ClF2N2O4S. The fourth-order valence-electron chi connectivity index (χ4n) is 2.70. The van der Waals surface area contributed by atoms with Gasteiger partial charge in [0.25, 0.3) is 5.91 Å². The zero-order valence-electron chi connectivity index (χ0n) is 16.7. The summed E-state index contributed by atoms with van der Waals surface area (Å²) in [4.78, 5) is 18.5. The lowest BCUT2D eigenvalue weighted by Crippen LogP contribution is -2.26. The first-order valence-electron chi connectivity index (χ1n) is 9.05. The third kappa shape index (κ3) is 6.28. The van der Waals surface area contributed by atoms with Crippen LogP contribution in [0.4, 0.5) is 8.78 Å². The smallest absolute Gasteiger partial charge is 0.387 e. The number of ether oxygens (including phenoxy) is 3. The summed E-state index contributed by atoms with van der Waals surface area (Å²) in [6.07, 6.45) is 0. The van der Waals surface area contributed by atoms with Gasteiger partial charge in [-0.15, -0.1) is 11.3 Å². The summed E-state index contributed by atoms with van der Waals surface area (Å²) < 4.78 is 40.1. The van der Waals surface area contributed by atoms with Gasteiger partial charge in [0.1, 0.15) is 23.1 Å². The second-order valence-electron chi connectivity index (χ2n) is 6.39. The molecule has 1 heterocycles. The molecule has 0 fully saturated rings. The maximum Gasteiger partial charge on any atom is 0.387 e. The van der Waals surface area contributed by atoms with Crippen molar-refractivity contribution in [3.8, 4) is 17.2 Å². The number of rotatable bonds is 9. The lowest BCUT2D eigenvalue weighted by molar-refractivity contribution is -0.0512. The molecule has 0 spiro atoms. The van der Waals surface area contributed by atoms with E-state index >= 15 is 0 Å². The van der Waals surface area contributed by atoms with E-state index in [2.05, 4.69) is 9.72 Å². The first kappa shape index (κ1) is 22.8. The molecule has 10 heteroatoms. The molecule has 1 aromatic heterocycles. The molecule has 0 atom stereocenters. The third-order valence-electron chi connectivity index (χ3n) is 4.16. The molecule has 1 amide bonds. The molecule has 31 heavy (non-hydrogen) atoms. The molecule has 0 aliphatic rings. The van der Waals surface area contributed by atoms with Crippen molar-refractivity contribution in [2.45, 2.75) is 19.8 Å². The number of halogens is 3. The number of methoxy groups -OCH3 is 1. The van der Waals surface area contributed by atoms with Gasteiger partial charge in [0, 0.05) is 24.0 Å².